The monoisotopic (exact) mass is 383 g/mol. The van der Waals surface area contributed by atoms with E-state index in [0.29, 0.717) is 12.5 Å². The van der Waals surface area contributed by atoms with Gasteiger partial charge in [-0.25, -0.2) is 0 Å². The highest BCUT2D eigenvalue weighted by Crippen LogP contribution is 2.34. The summed E-state index contributed by atoms with van der Waals surface area (Å²) in [5, 5.41) is 10.4. The highest BCUT2D eigenvalue weighted by atomic mass is 19.4. The van der Waals surface area contributed by atoms with Crippen molar-refractivity contribution in [2.24, 2.45) is 12.0 Å². The van der Waals surface area contributed by atoms with E-state index in [2.05, 4.69) is 20.7 Å². The minimum Gasteiger partial charge on any atom is -0.497 e. The summed E-state index contributed by atoms with van der Waals surface area (Å²) >= 11 is 0. The van der Waals surface area contributed by atoms with E-state index < -0.39 is 11.7 Å². The average Bonchev–Trinajstić information content (AvgIpc) is 2.86. The zero-order valence-corrected chi connectivity index (χ0v) is 16.0. The zero-order chi connectivity index (χ0) is 20.2. The van der Waals surface area contributed by atoms with Crippen LogP contribution in [0.25, 0.3) is 0 Å². The Kier molecular flexibility index (Phi) is 6.35. The molecule has 0 saturated heterocycles. The number of halogens is 3. The van der Waals surface area contributed by atoms with Crippen LogP contribution >= 0.6 is 0 Å². The van der Waals surface area contributed by atoms with Crippen LogP contribution in [0, 0.1) is 13.8 Å². The first-order chi connectivity index (χ1) is 12.7. The van der Waals surface area contributed by atoms with Gasteiger partial charge < -0.3 is 15.4 Å². The normalized spacial score (nSPS) is 12.2. The maximum atomic E-state index is 13.3. The van der Waals surface area contributed by atoms with Crippen molar-refractivity contribution in [3.05, 3.63) is 46.3 Å². The fourth-order valence-electron chi connectivity index (χ4n) is 2.75. The smallest absolute Gasteiger partial charge is 0.416 e. The first-order valence-corrected chi connectivity index (χ1v) is 8.35. The van der Waals surface area contributed by atoms with E-state index >= 15 is 0 Å². The van der Waals surface area contributed by atoms with Gasteiger partial charge in [0.15, 0.2) is 5.96 Å². The molecule has 0 aliphatic rings. The number of nitrogens with one attached hydrogen (secondary N) is 2. The Hall–Kier alpha value is -2.71. The van der Waals surface area contributed by atoms with Crippen LogP contribution in [0.4, 0.5) is 13.2 Å². The summed E-state index contributed by atoms with van der Waals surface area (Å²) in [6.07, 6.45) is -4.47. The van der Waals surface area contributed by atoms with Crippen molar-refractivity contribution in [3.8, 4) is 5.75 Å². The third kappa shape index (κ3) is 4.93. The molecule has 0 saturated carbocycles. The molecule has 0 aliphatic carbocycles. The lowest BCUT2D eigenvalue weighted by Gasteiger charge is -2.17. The molecule has 148 valence electrons. The van der Waals surface area contributed by atoms with Crippen molar-refractivity contribution in [3.63, 3.8) is 0 Å². The van der Waals surface area contributed by atoms with E-state index in [0.717, 1.165) is 23.0 Å². The van der Waals surface area contributed by atoms with Gasteiger partial charge in [-0.15, -0.1) is 0 Å². The summed E-state index contributed by atoms with van der Waals surface area (Å²) < 4.78 is 46.6. The van der Waals surface area contributed by atoms with Gasteiger partial charge in [-0.05, 0) is 31.5 Å². The number of guanidine groups is 1. The predicted octanol–water partition coefficient (Wildman–Crippen LogP) is 2.93. The fourth-order valence-corrected chi connectivity index (χ4v) is 2.75. The number of aryl methyl sites for hydroxylation is 2. The summed E-state index contributed by atoms with van der Waals surface area (Å²) in [6.45, 7) is 4.32. The topological polar surface area (TPSA) is 63.5 Å². The van der Waals surface area contributed by atoms with Gasteiger partial charge in [0.1, 0.15) is 5.75 Å². The average molecular weight is 383 g/mol. The number of alkyl halides is 3. The second-order valence-corrected chi connectivity index (χ2v) is 6.07. The molecule has 0 spiro atoms. The van der Waals surface area contributed by atoms with Crippen molar-refractivity contribution >= 4 is 5.96 Å². The van der Waals surface area contributed by atoms with Gasteiger partial charge >= 0.3 is 6.18 Å². The van der Waals surface area contributed by atoms with Gasteiger partial charge in [-0.1, -0.05) is 6.07 Å². The number of rotatable bonds is 5. The highest BCUT2D eigenvalue weighted by Gasteiger charge is 2.33. The van der Waals surface area contributed by atoms with E-state index in [1.807, 2.05) is 20.9 Å². The van der Waals surface area contributed by atoms with Crippen molar-refractivity contribution in [2.45, 2.75) is 33.1 Å². The van der Waals surface area contributed by atoms with Gasteiger partial charge in [0.25, 0.3) is 0 Å². The number of aliphatic imine (C=N–C) groups is 1. The Balaban J connectivity index is 2.08. The molecule has 2 N–H and O–H groups in total. The Morgan fingerprint density at radius 1 is 1.22 bits per heavy atom. The number of aromatic nitrogens is 2. The van der Waals surface area contributed by atoms with E-state index in [9.17, 15) is 13.2 Å². The van der Waals surface area contributed by atoms with Gasteiger partial charge in [0.05, 0.1) is 18.4 Å². The molecule has 0 atom stereocenters. The third-order valence-corrected chi connectivity index (χ3v) is 4.38. The molecule has 9 heteroatoms. The van der Waals surface area contributed by atoms with Crippen LogP contribution in [0.1, 0.15) is 28.1 Å². The molecule has 0 fully saturated rings. The zero-order valence-electron chi connectivity index (χ0n) is 16.0. The van der Waals surface area contributed by atoms with Crippen LogP contribution < -0.4 is 15.4 Å². The summed E-state index contributed by atoms with van der Waals surface area (Å²) in [7, 11) is 4.76. The maximum Gasteiger partial charge on any atom is 0.416 e. The SMILES string of the molecule is CN=C(NCc1ccc(OC)cc1C(F)(F)F)NCc1c(C)nn(C)c1C. The van der Waals surface area contributed by atoms with Gasteiger partial charge in [0, 0.05) is 38.4 Å². The number of hydrogen-bond donors (Lipinski definition) is 2. The minimum atomic E-state index is -4.47. The number of hydrogen-bond acceptors (Lipinski definition) is 3. The second-order valence-electron chi connectivity index (χ2n) is 6.07. The molecule has 0 amide bonds. The van der Waals surface area contributed by atoms with Crippen molar-refractivity contribution < 1.29 is 17.9 Å². The molecule has 0 unspecified atom stereocenters. The Morgan fingerprint density at radius 2 is 1.89 bits per heavy atom. The highest BCUT2D eigenvalue weighted by molar-refractivity contribution is 5.79. The van der Waals surface area contributed by atoms with Crippen molar-refractivity contribution in [1.29, 1.82) is 0 Å². The molecule has 2 rings (SSSR count). The quantitative estimate of drug-likeness (QED) is 0.616. The largest absolute Gasteiger partial charge is 0.497 e. The summed E-state index contributed by atoms with van der Waals surface area (Å²) in [4.78, 5) is 4.07. The summed E-state index contributed by atoms with van der Waals surface area (Å²) in [5.41, 5.74) is 2.32. The van der Waals surface area contributed by atoms with Gasteiger partial charge in [-0.2, -0.15) is 18.3 Å². The molecular formula is C18H24F3N5O. The maximum absolute atomic E-state index is 13.3. The number of methoxy groups -OCH3 is 1. The van der Waals surface area contributed by atoms with E-state index in [4.69, 9.17) is 4.74 Å². The van der Waals surface area contributed by atoms with E-state index in [-0.39, 0.29) is 17.9 Å². The lowest BCUT2D eigenvalue weighted by molar-refractivity contribution is -0.138. The van der Waals surface area contributed by atoms with Crippen molar-refractivity contribution in [1.82, 2.24) is 20.4 Å². The molecule has 27 heavy (non-hydrogen) atoms. The molecule has 6 nitrogen and oxygen atoms in total. The third-order valence-electron chi connectivity index (χ3n) is 4.38. The standard InChI is InChI=1S/C18H24F3N5O/c1-11-15(12(2)26(4)25-11)10-24-17(22-3)23-9-13-6-7-14(27-5)8-16(13)18(19,20)21/h6-8H,9-10H2,1-5H3,(H2,22,23,24). The summed E-state index contributed by atoms with van der Waals surface area (Å²) in [6, 6.07) is 3.90. The first-order valence-electron chi connectivity index (χ1n) is 8.35. The van der Waals surface area contributed by atoms with Crippen LogP contribution in [-0.4, -0.2) is 29.9 Å². The molecule has 0 aliphatic heterocycles. The molecule has 0 radical (unpaired) electrons. The Morgan fingerprint density at radius 3 is 2.41 bits per heavy atom. The number of benzene rings is 1. The van der Waals surface area contributed by atoms with Crippen LogP contribution in [0.2, 0.25) is 0 Å². The first kappa shape index (κ1) is 20.6. The van der Waals surface area contributed by atoms with Crippen molar-refractivity contribution in [2.75, 3.05) is 14.2 Å². The van der Waals surface area contributed by atoms with E-state index in [1.54, 1.807) is 11.7 Å². The Bertz CT molecular complexity index is 827. The van der Waals surface area contributed by atoms with Crippen LogP contribution in [0.3, 0.4) is 0 Å². The molecule has 0 bridgehead atoms. The number of ether oxygens (including phenoxy) is 1. The van der Waals surface area contributed by atoms with E-state index in [1.165, 1.54) is 19.2 Å². The van der Waals surface area contributed by atoms with Crippen LogP contribution in [-0.2, 0) is 26.3 Å². The summed E-state index contributed by atoms with van der Waals surface area (Å²) in [5.74, 6) is 0.567. The molecule has 1 aromatic carbocycles. The fraction of sp³-hybridized carbons (Fsp3) is 0.444. The van der Waals surface area contributed by atoms with Gasteiger partial charge in [0.2, 0.25) is 0 Å². The molecule has 2 aromatic rings. The van der Waals surface area contributed by atoms with Crippen LogP contribution in [0.5, 0.6) is 5.75 Å². The minimum absolute atomic E-state index is 0.0243. The second kappa shape index (κ2) is 8.32. The predicted molar refractivity (Wildman–Crippen MR) is 97.7 cm³/mol. The molecular weight excluding hydrogens is 359 g/mol. The Labute approximate surface area is 156 Å². The number of nitrogens with zero attached hydrogens (tertiary/aromatic N) is 3. The lowest BCUT2D eigenvalue weighted by atomic mass is 10.1. The van der Waals surface area contributed by atoms with Crippen LogP contribution in [0.15, 0.2) is 23.2 Å². The lowest BCUT2D eigenvalue weighted by Crippen LogP contribution is -2.37. The van der Waals surface area contributed by atoms with Gasteiger partial charge in [-0.3, -0.25) is 9.67 Å². The molecule has 1 heterocycles. The molecule has 1 aromatic heterocycles.